The molecule has 2 aromatic carbocycles. The first kappa shape index (κ1) is 23.6. The van der Waals surface area contributed by atoms with E-state index in [0.717, 1.165) is 22.2 Å². The number of aromatic nitrogens is 1. The van der Waals surface area contributed by atoms with Gasteiger partial charge < -0.3 is 9.30 Å². The third-order valence-corrected chi connectivity index (χ3v) is 6.14. The van der Waals surface area contributed by atoms with E-state index in [4.69, 9.17) is 16.3 Å². The molecule has 0 radical (unpaired) electrons. The third-order valence-electron chi connectivity index (χ3n) is 4.50. The van der Waals surface area contributed by atoms with E-state index in [1.165, 1.54) is 0 Å². The molecular formula is C22H26ClN3O3S. The first-order valence-electron chi connectivity index (χ1n) is 9.63. The minimum atomic E-state index is -3.43. The van der Waals surface area contributed by atoms with Gasteiger partial charge in [-0.3, -0.25) is 4.72 Å². The molecule has 8 heteroatoms. The largest absolute Gasteiger partial charge is 0.497 e. The van der Waals surface area contributed by atoms with Crippen molar-refractivity contribution in [3.05, 3.63) is 48.0 Å². The molecule has 160 valence electrons. The van der Waals surface area contributed by atoms with Crippen LogP contribution in [0, 0.1) is 11.3 Å². The zero-order valence-electron chi connectivity index (χ0n) is 17.6. The van der Waals surface area contributed by atoms with E-state index in [2.05, 4.69) is 10.8 Å². The van der Waals surface area contributed by atoms with E-state index in [0.29, 0.717) is 29.3 Å². The number of sulfonamides is 1. The van der Waals surface area contributed by atoms with Gasteiger partial charge in [0.05, 0.1) is 29.6 Å². The highest BCUT2D eigenvalue weighted by atomic mass is 35.5. The monoisotopic (exact) mass is 447 g/mol. The molecule has 3 rings (SSSR count). The first-order valence-corrected chi connectivity index (χ1v) is 11.8. The first-order chi connectivity index (χ1) is 14.4. The Labute approximate surface area is 183 Å². The summed E-state index contributed by atoms with van der Waals surface area (Å²) >= 11 is 5.57. The molecule has 6 nitrogen and oxygen atoms in total. The van der Waals surface area contributed by atoms with Gasteiger partial charge in [-0.15, -0.1) is 11.6 Å². The number of hydrogen-bond donors (Lipinski definition) is 1. The van der Waals surface area contributed by atoms with Crippen LogP contribution in [0.3, 0.4) is 0 Å². The van der Waals surface area contributed by atoms with Crippen molar-refractivity contribution in [1.82, 2.24) is 4.57 Å². The Morgan fingerprint density at radius 2 is 1.83 bits per heavy atom. The van der Waals surface area contributed by atoms with Crippen molar-refractivity contribution in [3.63, 3.8) is 0 Å². The zero-order valence-corrected chi connectivity index (χ0v) is 19.1. The van der Waals surface area contributed by atoms with Crippen LogP contribution in [0.15, 0.2) is 42.5 Å². The van der Waals surface area contributed by atoms with E-state index in [9.17, 15) is 13.7 Å². The summed E-state index contributed by atoms with van der Waals surface area (Å²) in [5.41, 5.74) is 3.50. The number of fused-ring (bicyclic) bond motifs is 1. The summed E-state index contributed by atoms with van der Waals surface area (Å²) in [6.45, 7) is 4.00. The van der Waals surface area contributed by atoms with Crippen molar-refractivity contribution in [2.45, 2.75) is 20.3 Å². The summed E-state index contributed by atoms with van der Waals surface area (Å²) < 4.78 is 33.8. The lowest BCUT2D eigenvalue weighted by molar-refractivity contribution is 0.415. The highest BCUT2D eigenvalue weighted by Gasteiger charge is 2.17. The fourth-order valence-corrected chi connectivity index (χ4v) is 4.58. The van der Waals surface area contributed by atoms with E-state index < -0.39 is 10.0 Å². The number of nitrogens with zero attached hydrogens (tertiary/aromatic N) is 2. The van der Waals surface area contributed by atoms with Crippen LogP contribution in [-0.2, 0) is 17.1 Å². The van der Waals surface area contributed by atoms with Gasteiger partial charge in [0.15, 0.2) is 0 Å². The number of nitrogens with one attached hydrogen (secondary N) is 1. The standard InChI is InChI=1S/C20H20ClN3O3S.C2H6/c1-24-19-12-16(27-2)8-9-17(19)18(13-22)20(24)14-4-6-15(7-5-14)23-28(25,26)11-3-10-21;1-2/h4-9,12,23H,3,10-11H2,1-2H3;1-2H3. The van der Waals surface area contributed by atoms with Gasteiger partial charge in [0.25, 0.3) is 0 Å². The number of rotatable bonds is 7. The molecule has 0 aliphatic rings. The Bertz CT molecular complexity index is 1150. The highest BCUT2D eigenvalue weighted by Crippen LogP contribution is 2.34. The Balaban J connectivity index is 0.00000155. The average Bonchev–Trinajstić information content (AvgIpc) is 3.05. The fraction of sp³-hybridized carbons (Fsp3) is 0.318. The maximum atomic E-state index is 12.0. The minimum Gasteiger partial charge on any atom is -0.497 e. The van der Waals surface area contributed by atoms with Crippen molar-refractivity contribution in [1.29, 1.82) is 5.26 Å². The number of anilines is 1. The molecule has 0 bridgehead atoms. The SMILES string of the molecule is CC.COc1ccc2c(C#N)c(-c3ccc(NS(=O)(=O)CCCCl)cc3)n(C)c2c1. The topological polar surface area (TPSA) is 84.1 Å². The predicted octanol–water partition coefficient (Wildman–Crippen LogP) is 5.12. The third kappa shape index (κ3) is 5.07. The second kappa shape index (κ2) is 10.4. The molecule has 0 aliphatic carbocycles. The van der Waals surface area contributed by atoms with Crippen LogP contribution < -0.4 is 9.46 Å². The van der Waals surface area contributed by atoms with E-state index in [-0.39, 0.29) is 5.75 Å². The van der Waals surface area contributed by atoms with Crippen LogP contribution in [-0.4, -0.2) is 31.7 Å². The number of methoxy groups -OCH3 is 1. The van der Waals surface area contributed by atoms with Crippen LogP contribution in [0.25, 0.3) is 22.2 Å². The number of aryl methyl sites for hydroxylation is 1. The molecule has 0 amide bonds. The molecule has 0 saturated carbocycles. The van der Waals surface area contributed by atoms with Crippen molar-refractivity contribution in [2.75, 3.05) is 23.5 Å². The quantitative estimate of drug-likeness (QED) is 0.509. The lowest BCUT2D eigenvalue weighted by Gasteiger charge is -2.09. The van der Waals surface area contributed by atoms with Gasteiger partial charge in [-0.2, -0.15) is 5.26 Å². The molecule has 1 aromatic heterocycles. The molecule has 1 heterocycles. The molecule has 30 heavy (non-hydrogen) atoms. The maximum absolute atomic E-state index is 12.0. The predicted molar refractivity (Wildman–Crippen MR) is 124 cm³/mol. The van der Waals surface area contributed by atoms with Crippen molar-refractivity contribution >= 4 is 38.2 Å². The van der Waals surface area contributed by atoms with Gasteiger partial charge in [0.1, 0.15) is 11.8 Å². The maximum Gasteiger partial charge on any atom is 0.232 e. The van der Waals surface area contributed by atoms with Gasteiger partial charge in [0, 0.05) is 30.1 Å². The molecule has 0 fully saturated rings. The Hall–Kier alpha value is -2.69. The van der Waals surface area contributed by atoms with Gasteiger partial charge >= 0.3 is 0 Å². The second-order valence-corrected chi connectivity index (χ2v) is 8.54. The van der Waals surface area contributed by atoms with Crippen molar-refractivity contribution < 1.29 is 13.2 Å². The van der Waals surface area contributed by atoms with Gasteiger partial charge in [-0.05, 0) is 36.2 Å². The van der Waals surface area contributed by atoms with Crippen LogP contribution >= 0.6 is 11.6 Å². The average molecular weight is 448 g/mol. The Kier molecular flexibility index (Phi) is 8.16. The number of ether oxygens (including phenoxy) is 1. The van der Waals surface area contributed by atoms with Gasteiger partial charge in [-0.25, -0.2) is 8.42 Å². The van der Waals surface area contributed by atoms with Crippen LogP contribution in [0.4, 0.5) is 5.69 Å². The van der Waals surface area contributed by atoms with Crippen LogP contribution in [0.2, 0.25) is 0 Å². The van der Waals surface area contributed by atoms with Crippen molar-refractivity contribution in [2.24, 2.45) is 7.05 Å². The lowest BCUT2D eigenvalue weighted by Crippen LogP contribution is -2.16. The van der Waals surface area contributed by atoms with Gasteiger partial charge in [0.2, 0.25) is 10.0 Å². The molecular weight excluding hydrogens is 422 g/mol. The van der Waals surface area contributed by atoms with E-state index >= 15 is 0 Å². The summed E-state index contributed by atoms with van der Waals surface area (Å²) in [5, 5.41) is 10.5. The smallest absolute Gasteiger partial charge is 0.232 e. The van der Waals surface area contributed by atoms with Crippen LogP contribution in [0.1, 0.15) is 25.8 Å². The second-order valence-electron chi connectivity index (χ2n) is 6.32. The number of benzene rings is 2. The van der Waals surface area contributed by atoms with Gasteiger partial charge in [-0.1, -0.05) is 26.0 Å². The summed E-state index contributed by atoms with van der Waals surface area (Å²) in [5.74, 6) is 0.982. The molecule has 0 saturated heterocycles. The number of hydrogen-bond acceptors (Lipinski definition) is 4. The van der Waals surface area contributed by atoms with Crippen molar-refractivity contribution in [3.8, 4) is 23.1 Å². The lowest BCUT2D eigenvalue weighted by atomic mass is 10.1. The Morgan fingerprint density at radius 1 is 1.17 bits per heavy atom. The minimum absolute atomic E-state index is 0.0259. The Morgan fingerprint density at radius 3 is 2.40 bits per heavy atom. The summed E-state index contributed by atoms with van der Waals surface area (Å²) in [6.07, 6.45) is 0.389. The summed E-state index contributed by atoms with van der Waals surface area (Å²) in [6, 6.07) is 14.8. The number of nitriles is 1. The normalized spacial score (nSPS) is 10.8. The molecule has 0 unspecified atom stereocenters. The molecule has 3 aromatic rings. The molecule has 0 aliphatic heterocycles. The molecule has 1 N–H and O–H groups in total. The molecule has 0 atom stereocenters. The fourth-order valence-electron chi connectivity index (χ4n) is 3.17. The number of alkyl halides is 1. The van der Waals surface area contributed by atoms with E-state index in [1.54, 1.807) is 31.4 Å². The summed E-state index contributed by atoms with van der Waals surface area (Å²) in [7, 11) is 0.0606. The highest BCUT2D eigenvalue weighted by molar-refractivity contribution is 7.92. The summed E-state index contributed by atoms with van der Waals surface area (Å²) in [4.78, 5) is 0. The zero-order chi connectivity index (χ0) is 22.3. The van der Waals surface area contributed by atoms with Crippen LogP contribution in [0.5, 0.6) is 5.75 Å². The van der Waals surface area contributed by atoms with E-state index in [1.807, 2.05) is 43.7 Å². The number of halogens is 1. The molecule has 0 spiro atoms.